The van der Waals surface area contributed by atoms with Crippen molar-refractivity contribution in [2.75, 3.05) is 29.1 Å². The zero-order chi connectivity index (χ0) is 19.9. The molecule has 0 aliphatic carbocycles. The molecule has 0 aromatic heterocycles. The van der Waals surface area contributed by atoms with Crippen LogP contribution in [0.25, 0.3) is 0 Å². The van der Waals surface area contributed by atoms with Gasteiger partial charge in [-0.1, -0.05) is 29.8 Å². The van der Waals surface area contributed by atoms with E-state index >= 15 is 0 Å². The first-order valence-electron chi connectivity index (χ1n) is 8.96. The minimum atomic E-state index is -0.209. The van der Waals surface area contributed by atoms with Gasteiger partial charge in [-0.2, -0.15) is 0 Å². The molecule has 1 amide bonds. The van der Waals surface area contributed by atoms with Gasteiger partial charge < -0.3 is 21.1 Å². The van der Waals surface area contributed by atoms with Crippen molar-refractivity contribution in [3.05, 3.63) is 82.9 Å². The lowest BCUT2D eigenvalue weighted by Gasteiger charge is -2.15. The number of hydrogen-bond acceptors (Lipinski definition) is 4. The van der Waals surface area contributed by atoms with E-state index in [1.807, 2.05) is 67.6 Å². The van der Waals surface area contributed by atoms with E-state index in [2.05, 4.69) is 16.0 Å². The summed E-state index contributed by atoms with van der Waals surface area (Å²) in [7, 11) is 0. The topological polar surface area (TPSA) is 73.4 Å². The van der Waals surface area contributed by atoms with Crippen LogP contribution in [-0.2, 0) is 0 Å². The van der Waals surface area contributed by atoms with E-state index in [0.717, 1.165) is 16.9 Å². The van der Waals surface area contributed by atoms with E-state index in [0.29, 0.717) is 28.5 Å². The number of hydrogen-bond donors (Lipinski definition) is 4. The fourth-order valence-electron chi connectivity index (χ4n) is 2.75. The summed E-state index contributed by atoms with van der Waals surface area (Å²) in [4.78, 5) is 12.8. The molecule has 3 rings (SSSR count). The molecule has 4 N–H and O–H groups in total. The number of carbonyl (C=O) groups excluding carboxylic acids is 1. The fraction of sp³-hybridized carbons (Fsp3) is 0.136. The van der Waals surface area contributed by atoms with Gasteiger partial charge in [0.1, 0.15) is 0 Å². The van der Waals surface area contributed by atoms with Crippen molar-refractivity contribution in [2.45, 2.75) is 6.92 Å². The maximum Gasteiger partial charge on any atom is 0.257 e. The van der Waals surface area contributed by atoms with Crippen LogP contribution < -0.4 is 16.0 Å². The Bertz CT molecular complexity index is 958. The van der Waals surface area contributed by atoms with Crippen molar-refractivity contribution in [3.8, 4) is 0 Å². The number of para-hydroxylation sites is 1. The number of amides is 1. The Morgan fingerprint density at radius 1 is 0.929 bits per heavy atom. The highest BCUT2D eigenvalue weighted by atomic mass is 35.5. The number of benzene rings is 3. The Morgan fingerprint density at radius 3 is 2.36 bits per heavy atom. The molecule has 0 saturated carbocycles. The molecule has 6 heteroatoms. The van der Waals surface area contributed by atoms with Crippen LogP contribution in [0.1, 0.15) is 15.9 Å². The Morgan fingerprint density at radius 2 is 1.61 bits per heavy atom. The highest BCUT2D eigenvalue weighted by Crippen LogP contribution is 2.28. The first kappa shape index (κ1) is 19.7. The minimum absolute atomic E-state index is 0.0639. The highest BCUT2D eigenvalue weighted by Gasteiger charge is 2.12. The molecule has 0 aliphatic rings. The lowest BCUT2D eigenvalue weighted by molar-refractivity contribution is 0.102. The van der Waals surface area contributed by atoms with Crippen molar-refractivity contribution in [1.29, 1.82) is 0 Å². The number of aliphatic hydroxyl groups excluding tert-OH is 1. The number of anilines is 4. The smallest absolute Gasteiger partial charge is 0.257 e. The highest BCUT2D eigenvalue weighted by molar-refractivity contribution is 6.31. The quantitative estimate of drug-likeness (QED) is 0.451. The van der Waals surface area contributed by atoms with E-state index in [1.54, 1.807) is 6.07 Å². The number of halogens is 1. The third kappa shape index (κ3) is 4.82. The van der Waals surface area contributed by atoms with E-state index < -0.39 is 0 Å². The second-order valence-corrected chi connectivity index (χ2v) is 6.67. The SMILES string of the molecule is Cc1c(Cl)cccc1Nc1ccccc1C(=O)Nc1ccc(NCCO)cc1. The average Bonchev–Trinajstić information content (AvgIpc) is 2.71. The van der Waals surface area contributed by atoms with Crippen LogP contribution >= 0.6 is 11.6 Å². The summed E-state index contributed by atoms with van der Waals surface area (Å²) < 4.78 is 0. The molecule has 0 spiro atoms. The van der Waals surface area contributed by atoms with Gasteiger partial charge in [-0.25, -0.2) is 0 Å². The van der Waals surface area contributed by atoms with Gasteiger partial charge in [0.2, 0.25) is 0 Å². The Hall–Kier alpha value is -3.02. The molecule has 5 nitrogen and oxygen atoms in total. The van der Waals surface area contributed by atoms with Crippen molar-refractivity contribution < 1.29 is 9.90 Å². The molecule has 0 aliphatic heterocycles. The summed E-state index contributed by atoms with van der Waals surface area (Å²) in [5.74, 6) is -0.209. The fourth-order valence-corrected chi connectivity index (χ4v) is 2.92. The maximum atomic E-state index is 12.8. The Kier molecular flexibility index (Phi) is 6.53. The zero-order valence-corrected chi connectivity index (χ0v) is 16.3. The van der Waals surface area contributed by atoms with Gasteiger partial charge in [-0.3, -0.25) is 4.79 Å². The molecule has 0 atom stereocenters. The van der Waals surface area contributed by atoms with Crippen molar-refractivity contribution in [3.63, 3.8) is 0 Å². The molecule has 0 fully saturated rings. The zero-order valence-electron chi connectivity index (χ0n) is 15.5. The number of nitrogens with one attached hydrogen (secondary N) is 3. The van der Waals surface area contributed by atoms with Crippen LogP contribution in [0.5, 0.6) is 0 Å². The molecule has 0 heterocycles. The third-order valence-electron chi connectivity index (χ3n) is 4.29. The van der Waals surface area contributed by atoms with E-state index in [1.165, 1.54) is 0 Å². The first-order chi connectivity index (χ1) is 13.6. The van der Waals surface area contributed by atoms with Gasteiger partial charge in [-0.05, 0) is 61.0 Å². The van der Waals surface area contributed by atoms with Crippen LogP contribution in [0, 0.1) is 6.92 Å². The molecule has 28 heavy (non-hydrogen) atoms. The lowest BCUT2D eigenvalue weighted by atomic mass is 10.1. The molecule has 3 aromatic carbocycles. The van der Waals surface area contributed by atoms with Crippen LogP contribution in [0.3, 0.4) is 0 Å². The van der Waals surface area contributed by atoms with Gasteiger partial charge in [0, 0.05) is 28.6 Å². The number of aliphatic hydroxyl groups is 1. The van der Waals surface area contributed by atoms with Crippen LogP contribution in [0.2, 0.25) is 5.02 Å². The van der Waals surface area contributed by atoms with Crippen molar-refractivity contribution >= 4 is 40.3 Å². The summed E-state index contributed by atoms with van der Waals surface area (Å²) in [5.41, 5.74) is 4.58. The molecule has 0 bridgehead atoms. The van der Waals surface area contributed by atoms with Crippen molar-refractivity contribution in [2.24, 2.45) is 0 Å². The van der Waals surface area contributed by atoms with E-state index in [4.69, 9.17) is 16.7 Å². The molecule has 3 aromatic rings. The normalized spacial score (nSPS) is 10.4. The van der Waals surface area contributed by atoms with E-state index in [-0.39, 0.29) is 12.5 Å². The molecular weight excluding hydrogens is 374 g/mol. The molecule has 144 valence electrons. The molecule has 0 unspecified atom stereocenters. The summed E-state index contributed by atoms with van der Waals surface area (Å²) in [5, 5.41) is 18.8. The Labute approximate surface area is 169 Å². The minimum Gasteiger partial charge on any atom is -0.395 e. The lowest BCUT2D eigenvalue weighted by Crippen LogP contribution is -2.14. The van der Waals surface area contributed by atoms with Gasteiger partial charge in [0.25, 0.3) is 5.91 Å². The number of rotatable bonds is 7. The van der Waals surface area contributed by atoms with E-state index in [9.17, 15) is 4.79 Å². The van der Waals surface area contributed by atoms with Gasteiger partial charge >= 0.3 is 0 Å². The predicted octanol–water partition coefficient (Wildman–Crippen LogP) is 5.05. The van der Waals surface area contributed by atoms with Gasteiger partial charge in [0.15, 0.2) is 0 Å². The summed E-state index contributed by atoms with van der Waals surface area (Å²) in [6, 6.07) is 20.3. The molecule has 0 saturated heterocycles. The van der Waals surface area contributed by atoms with Gasteiger partial charge in [0.05, 0.1) is 17.9 Å². The molecular formula is C22H22ClN3O2. The largest absolute Gasteiger partial charge is 0.395 e. The maximum absolute atomic E-state index is 12.8. The second kappa shape index (κ2) is 9.26. The summed E-state index contributed by atoms with van der Waals surface area (Å²) in [6.45, 7) is 2.47. The summed E-state index contributed by atoms with van der Waals surface area (Å²) in [6.07, 6.45) is 0. The monoisotopic (exact) mass is 395 g/mol. The number of carbonyl (C=O) groups is 1. The van der Waals surface area contributed by atoms with Crippen LogP contribution in [0.15, 0.2) is 66.7 Å². The third-order valence-corrected chi connectivity index (χ3v) is 4.70. The van der Waals surface area contributed by atoms with Crippen LogP contribution in [0.4, 0.5) is 22.7 Å². The predicted molar refractivity (Wildman–Crippen MR) is 116 cm³/mol. The van der Waals surface area contributed by atoms with Gasteiger partial charge in [-0.15, -0.1) is 0 Å². The average molecular weight is 396 g/mol. The second-order valence-electron chi connectivity index (χ2n) is 6.26. The first-order valence-corrected chi connectivity index (χ1v) is 9.33. The molecule has 0 radical (unpaired) electrons. The standard InChI is InChI=1S/C22H22ClN3O2/c1-15-19(23)6-4-8-20(15)26-21-7-3-2-5-18(21)22(28)25-17-11-9-16(10-12-17)24-13-14-27/h2-12,24,26-27H,13-14H2,1H3,(H,25,28). The summed E-state index contributed by atoms with van der Waals surface area (Å²) >= 11 is 6.20. The van der Waals surface area contributed by atoms with Crippen LogP contribution in [-0.4, -0.2) is 24.2 Å². The Balaban J connectivity index is 1.76. The van der Waals surface area contributed by atoms with Crippen molar-refractivity contribution in [1.82, 2.24) is 0 Å².